The number of likely N-dealkylation sites (tertiary alicyclic amines) is 1. The highest BCUT2D eigenvalue weighted by Crippen LogP contribution is 2.40. The van der Waals surface area contributed by atoms with Gasteiger partial charge in [0.1, 0.15) is 6.61 Å². The third kappa shape index (κ3) is 2.79. The Morgan fingerprint density at radius 1 is 1.43 bits per heavy atom. The van der Waals surface area contributed by atoms with Crippen LogP contribution in [0.5, 0.6) is 0 Å². The molecule has 2 saturated heterocycles. The van der Waals surface area contributed by atoms with Crippen LogP contribution in [0.1, 0.15) is 25.8 Å². The predicted octanol–water partition coefficient (Wildman–Crippen LogP) is 1.49. The number of fused-ring (bicyclic) bond motifs is 1. The average Bonchev–Trinajstić information content (AvgIpc) is 2.96. The monoisotopic (exact) mass is 318 g/mol. The van der Waals surface area contributed by atoms with Crippen molar-refractivity contribution in [2.24, 2.45) is 11.8 Å². The molecule has 0 saturated carbocycles. The van der Waals surface area contributed by atoms with Crippen LogP contribution in [0.4, 0.5) is 4.79 Å². The minimum Gasteiger partial charge on any atom is -0.445 e. The summed E-state index contributed by atoms with van der Waals surface area (Å²) in [5.74, 6) is -0.601. The largest absolute Gasteiger partial charge is 0.445 e. The first kappa shape index (κ1) is 15.8. The van der Waals surface area contributed by atoms with Gasteiger partial charge in [-0.25, -0.2) is 4.79 Å². The van der Waals surface area contributed by atoms with E-state index >= 15 is 0 Å². The zero-order chi connectivity index (χ0) is 16.6. The second-order valence-electron chi connectivity index (χ2n) is 6.61. The van der Waals surface area contributed by atoms with Gasteiger partial charge < -0.3 is 15.2 Å². The lowest BCUT2D eigenvalue weighted by molar-refractivity contribution is -0.125. The van der Waals surface area contributed by atoms with Crippen LogP contribution in [0.25, 0.3) is 0 Å². The van der Waals surface area contributed by atoms with E-state index in [0.717, 1.165) is 5.56 Å². The van der Waals surface area contributed by atoms with Gasteiger partial charge >= 0.3 is 6.09 Å². The Kier molecular flexibility index (Phi) is 4.02. The second-order valence-corrected chi connectivity index (χ2v) is 6.61. The molecule has 2 N–H and O–H groups in total. The SMILES string of the molecule is CC(C)[C@H]1C(=O)N[C@]2(O)CCN(C(=O)OCc3ccccc3)[C@H]12. The number of amides is 2. The molecule has 2 fully saturated rings. The van der Waals surface area contributed by atoms with Crippen LogP contribution in [-0.4, -0.2) is 40.3 Å². The number of nitrogens with one attached hydrogen (secondary N) is 1. The summed E-state index contributed by atoms with van der Waals surface area (Å²) in [7, 11) is 0. The van der Waals surface area contributed by atoms with E-state index in [1.165, 1.54) is 4.90 Å². The third-order valence-corrected chi connectivity index (χ3v) is 4.70. The molecule has 1 aromatic rings. The van der Waals surface area contributed by atoms with Crippen LogP contribution in [0, 0.1) is 11.8 Å². The van der Waals surface area contributed by atoms with Gasteiger partial charge in [0.05, 0.1) is 12.0 Å². The van der Waals surface area contributed by atoms with Gasteiger partial charge in [0, 0.05) is 13.0 Å². The summed E-state index contributed by atoms with van der Waals surface area (Å²) in [4.78, 5) is 26.1. The van der Waals surface area contributed by atoms with Crippen LogP contribution >= 0.6 is 0 Å². The number of rotatable bonds is 3. The van der Waals surface area contributed by atoms with Gasteiger partial charge in [0.25, 0.3) is 0 Å². The normalized spacial score (nSPS) is 29.6. The number of hydrogen-bond donors (Lipinski definition) is 2. The molecule has 0 bridgehead atoms. The molecule has 0 spiro atoms. The van der Waals surface area contributed by atoms with Gasteiger partial charge in [-0.1, -0.05) is 44.2 Å². The summed E-state index contributed by atoms with van der Waals surface area (Å²) < 4.78 is 5.37. The van der Waals surface area contributed by atoms with Gasteiger partial charge in [-0.3, -0.25) is 9.69 Å². The molecule has 3 rings (SSSR count). The molecule has 0 aliphatic carbocycles. The quantitative estimate of drug-likeness (QED) is 0.885. The summed E-state index contributed by atoms with van der Waals surface area (Å²) in [6.45, 7) is 4.39. The van der Waals surface area contributed by atoms with Gasteiger partial charge in [-0.2, -0.15) is 0 Å². The average molecular weight is 318 g/mol. The first-order valence-electron chi connectivity index (χ1n) is 7.94. The van der Waals surface area contributed by atoms with Crippen molar-refractivity contribution in [2.45, 2.75) is 38.6 Å². The minimum absolute atomic E-state index is 0.0246. The molecule has 124 valence electrons. The van der Waals surface area contributed by atoms with Crippen LogP contribution in [0.2, 0.25) is 0 Å². The summed E-state index contributed by atoms with van der Waals surface area (Å²) in [5.41, 5.74) is -0.436. The lowest BCUT2D eigenvalue weighted by atomic mass is 9.87. The Hall–Kier alpha value is -2.08. The van der Waals surface area contributed by atoms with Crippen LogP contribution < -0.4 is 5.32 Å². The van der Waals surface area contributed by atoms with E-state index in [4.69, 9.17) is 4.74 Å². The highest BCUT2D eigenvalue weighted by molar-refractivity contribution is 5.85. The number of nitrogens with zero attached hydrogens (tertiary/aromatic N) is 1. The molecule has 0 unspecified atom stereocenters. The molecule has 2 aliphatic rings. The predicted molar refractivity (Wildman–Crippen MR) is 83.2 cm³/mol. The molecule has 0 aromatic heterocycles. The molecule has 23 heavy (non-hydrogen) atoms. The molecule has 6 nitrogen and oxygen atoms in total. The van der Waals surface area contributed by atoms with Gasteiger partial charge in [0.15, 0.2) is 5.72 Å². The Bertz CT molecular complexity index is 604. The Morgan fingerprint density at radius 2 is 2.13 bits per heavy atom. The van der Waals surface area contributed by atoms with Crippen molar-refractivity contribution in [3.05, 3.63) is 35.9 Å². The molecule has 0 radical (unpaired) electrons. The number of benzene rings is 1. The van der Waals surface area contributed by atoms with E-state index in [1.54, 1.807) is 0 Å². The molecular weight excluding hydrogens is 296 g/mol. The Balaban J connectivity index is 1.72. The fourth-order valence-corrected chi connectivity index (χ4v) is 3.58. The van der Waals surface area contributed by atoms with Crippen LogP contribution in [-0.2, 0) is 16.1 Å². The fourth-order valence-electron chi connectivity index (χ4n) is 3.58. The van der Waals surface area contributed by atoms with E-state index in [9.17, 15) is 14.7 Å². The minimum atomic E-state index is -1.34. The van der Waals surface area contributed by atoms with E-state index in [2.05, 4.69) is 5.32 Å². The summed E-state index contributed by atoms with van der Waals surface area (Å²) in [5, 5.41) is 13.3. The summed E-state index contributed by atoms with van der Waals surface area (Å²) >= 11 is 0. The molecule has 2 heterocycles. The number of ether oxygens (including phenoxy) is 1. The highest BCUT2D eigenvalue weighted by Gasteiger charge is 2.60. The lowest BCUT2D eigenvalue weighted by Crippen LogP contribution is -2.51. The van der Waals surface area contributed by atoms with Gasteiger partial charge in [-0.05, 0) is 11.5 Å². The second kappa shape index (κ2) is 5.85. The molecule has 1 aromatic carbocycles. The molecule has 3 atom stereocenters. The van der Waals surface area contributed by atoms with E-state index in [1.807, 2.05) is 44.2 Å². The van der Waals surface area contributed by atoms with E-state index < -0.39 is 23.8 Å². The zero-order valence-corrected chi connectivity index (χ0v) is 13.4. The lowest BCUT2D eigenvalue weighted by Gasteiger charge is -2.31. The van der Waals surface area contributed by atoms with Gasteiger partial charge in [0.2, 0.25) is 5.91 Å². The van der Waals surface area contributed by atoms with Crippen molar-refractivity contribution in [3.8, 4) is 0 Å². The van der Waals surface area contributed by atoms with Crippen molar-refractivity contribution in [1.82, 2.24) is 10.2 Å². The van der Waals surface area contributed by atoms with Crippen molar-refractivity contribution < 1.29 is 19.4 Å². The number of carbonyl (C=O) groups is 2. The smallest absolute Gasteiger partial charge is 0.410 e. The molecule has 6 heteroatoms. The van der Waals surface area contributed by atoms with Crippen molar-refractivity contribution >= 4 is 12.0 Å². The van der Waals surface area contributed by atoms with Crippen molar-refractivity contribution in [1.29, 1.82) is 0 Å². The maximum Gasteiger partial charge on any atom is 0.410 e. The van der Waals surface area contributed by atoms with E-state index in [0.29, 0.717) is 13.0 Å². The summed E-state index contributed by atoms with van der Waals surface area (Å²) in [6, 6.07) is 8.85. The third-order valence-electron chi connectivity index (χ3n) is 4.70. The maximum atomic E-state index is 12.4. The van der Waals surface area contributed by atoms with Crippen LogP contribution in [0.15, 0.2) is 30.3 Å². The number of hydrogen-bond acceptors (Lipinski definition) is 4. The zero-order valence-electron chi connectivity index (χ0n) is 13.4. The maximum absolute atomic E-state index is 12.4. The van der Waals surface area contributed by atoms with Crippen molar-refractivity contribution in [3.63, 3.8) is 0 Å². The molecule has 2 aliphatic heterocycles. The van der Waals surface area contributed by atoms with Crippen molar-refractivity contribution in [2.75, 3.05) is 6.54 Å². The topological polar surface area (TPSA) is 78.9 Å². The van der Waals surface area contributed by atoms with E-state index in [-0.39, 0.29) is 18.4 Å². The molecule has 2 amide bonds. The standard InChI is InChI=1S/C17H22N2O4/c1-11(2)13-14-17(22,18-15(13)20)8-9-19(14)16(21)23-10-12-6-4-3-5-7-12/h3-7,11,13-14,22H,8-10H2,1-2H3,(H,18,20)/t13-,14-,17+/m1/s1. The summed E-state index contributed by atoms with van der Waals surface area (Å²) in [6.07, 6.45) is -0.163. The Labute approximate surface area is 135 Å². The molecular formula is C17H22N2O4. The van der Waals surface area contributed by atoms with Crippen LogP contribution in [0.3, 0.4) is 0 Å². The van der Waals surface area contributed by atoms with Gasteiger partial charge in [-0.15, -0.1) is 0 Å². The fraction of sp³-hybridized carbons (Fsp3) is 0.529. The first-order chi connectivity index (χ1) is 10.9. The first-order valence-corrected chi connectivity index (χ1v) is 7.94. The number of carbonyl (C=O) groups excluding carboxylic acids is 2. The highest BCUT2D eigenvalue weighted by atomic mass is 16.6. The number of aliphatic hydroxyl groups is 1. The Morgan fingerprint density at radius 3 is 2.78 bits per heavy atom.